The van der Waals surface area contributed by atoms with Gasteiger partial charge in [-0.25, -0.2) is 4.79 Å². The summed E-state index contributed by atoms with van der Waals surface area (Å²) >= 11 is 0. The molecule has 0 aromatic carbocycles. The number of alkyl carbamates (subject to hydrolysis) is 1. The van der Waals surface area contributed by atoms with Crippen LogP contribution in [0.4, 0.5) is 4.79 Å². The predicted octanol–water partition coefficient (Wildman–Crippen LogP) is 1.04. The molecular weight excluding hydrogens is 208 g/mol. The van der Waals surface area contributed by atoms with Crippen molar-refractivity contribution in [1.29, 1.82) is 0 Å². The fourth-order valence-corrected chi connectivity index (χ4v) is 1.57. The maximum absolute atomic E-state index is 11.4. The summed E-state index contributed by atoms with van der Waals surface area (Å²) in [5.74, 6) is 0.0218. The maximum atomic E-state index is 11.4. The molecule has 1 aliphatic carbocycles. The Morgan fingerprint density at radius 2 is 1.81 bits per heavy atom. The van der Waals surface area contributed by atoms with Gasteiger partial charge in [0.1, 0.15) is 6.10 Å². The van der Waals surface area contributed by atoms with E-state index in [-0.39, 0.29) is 23.5 Å². The van der Waals surface area contributed by atoms with E-state index < -0.39 is 6.09 Å². The van der Waals surface area contributed by atoms with Gasteiger partial charge in [-0.15, -0.1) is 0 Å². The predicted molar refractivity (Wildman–Crippen MR) is 59.9 cm³/mol. The summed E-state index contributed by atoms with van der Waals surface area (Å²) in [5, 5.41) is 5.30. The van der Waals surface area contributed by atoms with E-state index in [4.69, 9.17) is 4.74 Å². The SMILES string of the molecule is CNC(=O)C1CC(OC(=O)NC(C)(C)C)C1. The van der Waals surface area contributed by atoms with Gasteiger partial charge in [-0.2, -0.15) is 0 Å². The van der Waals surface area contributed by atoms with E-state index in [1.807, 2.05) is 20.8 Å². The number of nitrogens with one attached hydrogen (secondary N) is 2. The van der Waals surface area contributed by atoms with Gasteiger partial charge in [0, 0.05) is 18.5 Å². The second kappa shape index (κ2) is 4.72. The molecule has 0 saturated heterocycles. The number of carbonyl (C=O) groups is 2. The number of rotatable bonds is 2. The lowest BCUT2D eigenvalue weighted by molar-refractivity contribution is -0.131. The molecule has 92 valence electrons. The van der Waals surface area contributed by atoms with Gasteiger partial charge in [-0.1, -0.05) is 0 Å². The molecule has 5 nitrogen and oxygen atoms in total. The number of hydrogen-bond acceptors (Lipinski definition) is 3. The first kappa shape index (κ1) is 12.8. The Morgan fingerprint density at radius 3 is 2.25 bits per heavy atom. The highest BCUT2D eigenvalue weighted by molar-refractivity contribution is 5.79. The number of ether oxygens (including phenoxy) is 1. The van der Waals surface area contributed by atoms with Crippen molar-refractivity contribution in [3.63, 3.8) is 0 Å². The van der Waals surface area contributed by atoms with Crippen LogP contribution in [0.3, 0.4) is 0 Å². The van der Waals surface area contributed by atoms with Crippen LogP contribution in [-0.2, 0) is 9.53 Å². The molecule has 0 atom stereocenters. The summed E-state index contributed by atoms with van der Waals surface area (Å²) < 4.78 is 5.16. The Labute approximate surface area is 95.9 Å². The van der Waals surface area contributed by atoms with Gasteiger partial charge in [0.2, 0.25) is 5.91 Å². The van der Waals surface area contributed by atoms with Crippen LogP contribution < -0.4 is 10.6 Å². The van der Waals surface area contributed by atoms with E-state index in [0.29, 0.717) is 12.8 Å². The van der Waals surface area contributed by atoms with E-state index in [0.717, 1.165) is 0 Å². The van der Waals surface area contributed by atoms with Crippen molar-refractivity contribution >= 4 is 12.0 Å². The van der Waals surface area contributed by atoms with Gasteiger partial charge in [-0.3, -0.25) is 4.79 Å². The third-order valence-corrected chi connectivity index (χ3v) is 2.46. The molecule has 0 aromatic heterocycles. The lowest BCUT2D eigenvalue weighted by Gasteiger charge is -2.34. The Morgan fingerprint density at radius 1 is 1.25 bits per heavy atom. The van der Waals surface area contributed by atoms with E-state index in [1.54, 1.807) is 7.05 Å². The quantitative estimate of drug-likeness (QED) is 0.742. The highest BCUT2D eigenvalue weighted by Gasteiger charge is 2.36. The highest BCUT2D eigenvalue weighted by atomic mass is 16.6. The molecular formula is C11H20N2O3. The molecule has 1 aliphatic rings. The largest absolute Gasteiger partial charge is 0.446 e. The van der Waals surface area contributed by atoms with Crippen molar-refractivity contribution < 1.29 is 14.3 Å². The molecule has 1 fully saturated rings. The number of hydrogen-bond donors (Lipinski definition) is 2. The maximum Gasteiger partial charge on any atom is 0.407 e. The third kappa shape index (κ3) is 3.72. The van der Waals surface area contributed by atoms with Crippen molar-refractivity contribution in [1.82, 2.24) is 10.6 Å². The van der Waals surface area contributed by atoms with Gasteiger partial charge in [-0.05, 0) is 33.6 Å². The van der Waals surface area contributed by atoms with Gasteiger partial charge < -0.3 is 15.4 Å². The van der Waals surface area contributed by atoms with E-state index in [2.05, 4.69) is 10.6 Å². The van der Waals surface area contributed by atoms with Crippen molar-refractivity contribution in [3.8, 4) is 0 Å². The monoisotopic (exact) mass is 228 g/mol. The Hall–Kier alpha value is -1.26. The Balaban J connectivity index is 2.22. The lowest BCUT2D eigenvalue weighted by atomic mass is 9.81. The van der Waals surface area contributed by atoms with E-state index >= 15 is 0 Å². The van der Waals surface area contributed by atoms with Crippen molar-refractivity contribution in [2.24, 2.45) is 5.92 Å². The minimum atomic E-state index is -0.409. The molecule has 0 radical (unpaired) electrons. The van der Waals surface area contributed by atoms with Crippen LogP contribution in [0.15, 0.2) is 0 Å². The molecule has 0 bridgehead atoms. The molecule has 0 heterocycles. The van der Waals surface area contributed by atoms with E-state index in [1.165, 1.54) is 0 Å². The zero-order chi connectivity index (χ0) is 12.3. The summed E-state index contributed by atoms with van der Waals surface area (Å²) in [6.07, 6.45) is 0.714. The Kier molecular flexibility index (Phi) is 3.78. The van der Waals surface area contributed by atoms with Gasteiger partial charge >= 0.3 is 6.09 Å². The van der Waals surface area contributed by atoms with Crippen LogP contribution in [0.25, 0.3) is 0 Å². The first-order chi connectivity index (χ1) is 7.31. The molecule has 0 aromatic rings. The minimum Gasteiger partial charge on any atom is -0.446 e. The fourth-order valence-electron chi connectivity index (χ4n) is 1.57. The highest BCUT2D eigenvalue weighted by Crippen LogP contribution is 2.30. The molecule has 0 spiro atoms. The molecule has 0 aliphatic heterocycles. The van der Waals surface area contributed by atoms with Crippen molar-refractivity contribution in [2.75, 3.05) is 7.05 Å². The molecule has 0 unspecified atom stereocenters. The summed E-state index contributed by atoms with van der Waals surface area (Å²) in [6.45, 7) is 5.67. The van der Waals surface area contributed by atoms with Crippen molar-refractivity contribution in [2.45, 2.75) is 45.3 Å². The normalized spacial score (nSPS) is 24.2. The topological polar surface area (TPSA) is 67.4 Å². The fraction of sp³-hybridized carbons (Fsp3) is 0.818. The average Bonchev–Trinajstić information content (AvgIpc) is 2.06. The van der Waals surface area contributed by atoms with Gasteiger partial charge in [0.05, 0.1) is 0 Å². The second-order valence-electron chi connectivity index (χ2n) is 5.18. The van der Waals surface area contributed by atoms with Crippen LogP contribution >= 0.6 is 0 Å². The zero-order valence-electron chi connectivity index (χ0n) is 10.3. The van der Waals surface area contributed by atoms with E-state index in [9.17, 15) is 9.59 Å². The minimum absolute atomic E-state index is 0.00237. The number of amides is 2. The molecule has 2 amide bonds. The summed E-state index contributed by atoms with van der Waals surface area (Å²) in [4.78, 5) is 22.6. The van der Waals surface area contributed by atoms with Crippen LogP contribution in [0, 0.1) is 5.92 Å². The zero-order valence-corrected chi connectivity index (χ0v) is 10.3. The summed E-state index contributed by atoms with van der Waals surface area (Å²) in [6, 6.07) is 0. The van der Waals surface area contributed by atoms with Crippen molar-refractivity contribution in [3.05, 3.63) is 0 Å². The standard InChI is InChI=1S/C11H20N2O3/c1-11(2,3)13-10(15)16-8-5-7(6-8)9(14)12-4/h7-8H,5-6H2,1-4H3,(H,12,14)(H,13,15). The smallest absolute Gasteiger partial charge is 0.407 e. The molecule has 5 heteroatoms. The van der Waals surface area contributed by atoms with Gasteiger partial charge in [0.15, 0.2) is 0 Å². The first-order valence-electron chi connectivity index (χ1n) is 5.52. The lowest BCUT2D eigenvalue weighted by Crippen LogP contribution is -2.46. The summed E-state index contributed by atoms with van der Waals surface area (Å²) in [7, 11) is 1.61. The van der Waals surface area contributed by atoms with Crippen LogP contribution in [0.1, 0.15) is 33.6 Å². The molecule has 1 saturated carbocycles. The van der Waals surface area contributed by atoms with Gasteiger partial charge in [0.25, 0.3) is 0 Å². The third-order valence-electron chi connectivity index (χ3n) is 2.46. The summed E-state index contributed by atoms with van der Waals surface area (Å²) in [5.41, 5.74) is -0.291. The first-order valence-corrected chi connectivity index (χ1v) is 5.52. The van der Waals surface area contributed by atoms with Crippen LogP contribution in [0.2, 0.25) is 0 Å². The number of carbonyl (C=O) groups excluding carboxylic acids is 2. The Bertz CT molecular complexity index is 277. The molecule has 16 heavy (non-hydrogen) atoms. The van der Waals surface area contributed by atoms with Crippen LogP contribution in [-0.4, -0.2) is 30.7 Å². The second-order valence-corrected chi connectivity index (χ2v) is 5.18. The molecule has 1 rings (SSSR count). The average molecular weight is 228 g/mol. The molecule has 2 N–H and O–H groups in total. The van der Waals surface area contributed by atoms with Crippen LogP contribution in [0.5, 0.6) is 0 Å².